The fourth-order valence-electron chi connectivity index (χ4n) is 1.51. The number of hydrogen-bond acceptors (Lipinski definition) is 6. The minimum Gasteiger partial charge on any atom is -0.462 e. The fraction of sp³-hybridized carbons (Fsp3) is 0.308. The summed E-state index contributed by atoms with van der Waals surface area (Å²) in [6.07, 6.45) is 1.48. The van der Waals surface area contributed by atoms with Crippen molar-refractivity contribution in [2.75, 3.05) is 11.9 Å². The van der Waals surface area contributed by atoms with Gasteiger partial charge < -0.3 is 14.6 Å². The Morgan fingerprint density at radius 3 is 2.89 bits per heavy atom. The van der Waals surface area contributed by atoms with E-state index in [4.69, 9.17) is 9.26 Å². The summed E-state index contributed by atoms with van der Waals surface area (Å²) in [5, 5.41) is 6.87. The van der Waals surface area contributed by atoms with Crippen LogP contribution < -0.4 is 5.32 Å². The van der Waals surface area contributed by atoms with E-state index in [2.05, 4.69) is 15.5 Å². The first-order chi connectivity index (χ1) is 9.19. The number of rotatable bonds is 5. The summed E-state index contributed by atoms with van der Waals surface area (Å²) in [7, 11) is 0. The van der Waals surface area contributed by atoms with E-state index < -0.39 is 0 Å². The van der Waals surface area contributed by atoms with Gasteiger partial charge >= 0.3 is 5.97 Å². The van der Waals surface area contributed by atoms with Crippen LogP contribution in [0.5, 0.6) is 0 Å². The highest BCUT2D eigenvalue weighted by atomic mass is 16.5. The van der Waals surface area contributed by atoms with Gasteiger partial charge in [0, 0.05) is 12.3 Å². The van der Waals surface area contributed by atoms with Gasteiger partial charge in [-0.2, -0.15) is 0 Å². The molecular weight excluding hydrogens is 246 g/mol. The van der Waals surface area contributed by atoms with E-state index >= 15 is 0 Å². The van der Waals surface area contributed by atoms with Crippen molar-refractivity contribution in [1.29, 1.82) is 0 Å². The van der Waals surface area contributed by atoms with Gasteiger partial charge in [-0.3, -0.25) is 0 Å². The Bertz CT molecular complexity index is 549. The van der Waals surface area contributed by atoms with E-state index in [1.807, 2.05) is 13.0 Å². The highest BCUT2D eigenvalue weighted by Gasteiger charge is 2.07. The number of carbonyl (C=O) groups is 1. The second kappa shape index (κ2) is 5.99. The lowest BCUT2D eigenvalue weighted by Crippen LogP contribution is -2.06. The normalized spacial score (nSPS) is 10.2. The molecule has 2 aromatic heterocycles. The smallest absolute Gasteiger partial charge is 0.339 e. The molecule has 0 bridgehead atoms. The molecule has 0 unspecified atom stereocenters. The highest BCUT2D eigenvalue weighted by molar-refractivity contribution is 5.89. The van der Waals surface area contributed by atoms with Crippen molar-refractivity contribution in [3.63, 3.8) is 0 Å². The molecule has 100 valence electrons. The number of anilines is 1. The van der Waals surface area contributed by atoms with Crippen molar-refractivity contribution < 1.29 is 14.1 Å². The maximum absolute atomic E-state index is 11.4. The minimum atomic E-state index is -0.368. The lowest BCUT2D eigenvalue weighted by molar-refractivity contribution is 0.0526. The molecule has 0 aromatic carbocycles. The van der Waals surface area contributed by atoms with Gasteiger partial charge in [-0.15, -0.1) is 0 Å². The first kappa shape index (κ1) is 13.1. The third-order valence-electron chi connectivity index (χ3n) is 2.40. The van der Waals surface area contributed by atoms with E-state index in [0.29, 0.717) is 24.5 Å². The molecule has 19 heavy (non-hydrogen) atoms. The topological polar surface area (TPSA) is 77.2 Å². The largest absolute Gasteiger partial charge is 0.462 e. The molecule has 6 nitrogen and oxygen atoms in total. The van der Waals surface area contributed by atoms with E-state index in [1.54, 1.807) is 19.1 Å². The van der Waals surface area contributed by atoms with Crippen LogP contribution in [-0.4, -0.2) is 22.7 Å². The minimum absolute atomic E-state index is 0.351. The van der Waals surface area contributed by atoms with Gasteiger partial charge in [0.25, 0.3) is 0 Å². The molecule has 0 saturated heterocycles. The molecule has 6 heteroatoms. The molecule has 0 atom stereocenters. The molecule has 1 N–H and O–H groups in total. The summed E-state index contributed by atoms with van der Waals surface area (Å²) in [6.45, 7) is 4.47. The third kappa shape index (κ3) is 3.54. The number of aromatic nitrogens is 2. The Morgan fingerprint density at radius 2 is 2.32 bits per heavy atom. The Morgan fingerprint density at radius 1 is 1.47 bits per heavy atom. The van der Waals surface area contributed by atoms with Gasteiger partial charge in [0.2, 0.25) is 0 Å². The zero-order valence-electron chi connectivity index (χ0n) is 10.8. The number of aryl methyl sites for hydroxylation is 1. The standard InChI is InChI=1S/C13H15N3O3/c1-3-18-13(17)10-4-5-12(14-7-10)15-8-11-6-9(2)16-19-11/h4-7H,3,8H2,1-2H3,(H,14,15). The van der Waals surface area contributed by atoms with Crippen molar-refractivity contribution in [3.05, 3.63) is 41.4 Å². The third-order valence-corrected chi connectivity index (χ3v) is 2.40. The summed E-state index contributed by atoms with van der Waals surface area (Å²) < 4.78 is 9.94. The van der Waals surface area contributed by atoms with Crippen molar-refractivity contribution in [2.45, 2.75) is 20.4 Å². The Balaban J connectivity index is 1.93. The van der Waals surface area contributed by atoms with Crippen molar-refractivity contribution in [1.82, 2.24) is 10.1 Å². The number of nitrogens with zero attached hydrogens (tertiary/aromatic N) is 2. The Hall–Kier alpha value is -2.37. The van der Waals surface area contributed by atoms with Crippen LogP contribution in [0.2, 0.25) is 0 Å². The molecule has 2 heterocycles. The van der Waals surface area contributed by atoms with Crippen LogP contribution in [0.4, 0.5) is 5.82 Å². The van der Waals surface area contributed by atoms with E-state index in [0.717, 1.165) is 11.5 Å². The van der Waals surface area contributed by atoms with Gasteiger partial charge in [0.1, 0.15) is 5.82 Å². The molecule has 0 fully saturated rings. The molecule has 0 amide bonds. The Labute approximate surface area is 110 Å². The van der Waals surface area contributed by atoms with Crippen LogP contribution in [-0.2, 0) is 11.3 Å². The van der Waals surface area contributed by atoms with Gasteiger partial charge in [-0.05, 0) is 26.0 Å². The second-order valence-electron chi connectivity index (χ2n) is 3.94. The summed E-state index contributed by atoms with van der Waals surface area (Å²) in [5.41, 5.74) is 1.27. The lowest BCUT2D eigenvalue weighted by atomic mass is 10.3. The molecule has 0 saturated carbocycles. The van der Waals surface area contributed by atoms with Gasteiger partial charge in [0.15, 0.2) is 5.76 Å². The predicted octanol–water partition coefficient (Wildman–Crippen LogP) is 2.17. The zero-order chi connectivity index (χ0) is 13.7. The van der Waals surface area contributed by atoms with Crippen LogP contribution >= 0.6 is 0 Å². The first-order valence-electron chi connectivity index (χ1n) is 5.98. The molecule has 0 spiro atoms. The van der Waals surface area contributed by atoms with Crippen LogP contribution in [0.15, 0.2) is 28.9 Å². The lowest BCUT2D eigenvalue weighted by Gasteiger charge is -2.04. The van der Waals surface area contributed by atoms with Gasteiger partial charge in [-0.25, -0.2) is 9.78 Å². The molecule has 0 radical (unpaired) electrons. The average molecular weight is 261 g/mol. The SMILES string of the molecule is CCOC(=O)c1ccc(NCc2cc(C)no2)nc1. The van der Waals surface area contributed by atoms with Crippen LogP contribution in [0.25, 0.3) is 0 Å². The van der Waals surface area contributed by atoms with E-state index in [9.17, 15) is 4.79 Å². The van der Waals surface area contributed by atoms with Crippen molar-refractivity contribution in [3.8, 4) is 0 Å². The van der Waals surface area contributed by atoms with Crippen LogP contribution in [0, 0.1) is 6.92 Å². The maximum Gasteiger partial charge on any atom is 0.339 e. The monoisotopic (exact) mass is 261 g/mol. The molecule has 2 rings (SSSR count). The molecule has 2 aromatic rings. The van der Waals surface area contributed by atoms with Crippen LogP contribution in [0.3, 0.4) is 0 Å². The molecule has 0 aliphatic rings. The Kier molecular flexibility index (Phi) is 4.12. The van der Waals surface area contributed by atoms with E-state index in [1.165, 1.54) is 6.20 Å². The number of carbonyl (C=O) groups excluding carboxylic acids is 1. The van der Waals surface area contributed by atoms with E-state index in [-0.39, 0.29) is 5.97 Å². The van der Waals surface area contributed by atoms with Crippen LogP contribution in [0.1, 0.15) is 28.7 Å². The fourth-order valence-corrected chi connectivity index (χ4v) is 1.51. The number of pyridine rings is 1. The van der Waals surface area contributed by atoms with Gasteiger partial charge in [0.05, 0.1) is 24.4 Å². The average Bonchev–Trinajstić information content (AvgIpc) is 2.83. The van der Waals surface area contributed by atoms with Gasteiger partial charge in [-0.1, -0.05) is 5.16 Å². The summed E-state index contributed by atoms with van der Waals surface area (Å²) in [6, 6.07) is 5.23. The van der Waals surface area contributed by atoms with Crippen molar-refractivity contribution in [2.24, 2.45) is 0 Å². The first-order valence-corrected chi connectivity index (χ1v) is 5.98. The summed E-state index contributed by atoms with van der Waals surface area (Å²) in [5.74, 6) is 1.02. The molecule has 0 aliphatic carbocycles. The zero-order valence-corrected chi connectivity index (χ0v) is 10.8. The quantitative estimate of drug-likeness (QED) is 0.831. The molecule has 0 aliphatic heterocycles. The predicted molar refractivity (Wildman–Crippen MR) is 68.8 cm³/mol. The number of ether oxygens (including phenoxy) is 1. The molecular formula is C13H15N3O3. The van der Waals surface area contributed by atoms with Crippen molar-refractivity contribution >= 4 is 11.8 Å². The summed E-state index contributed by atoms with van der Waals surface area (Å²) >= 11 is 0. The maximum atomic E-state index is 11.4. The number of nitrogens with one attached hydrogen (secondary N) is 1. The number of hydrogen-bond donors (Lipinski definition) is 1. The highest BCUT2D eigenvalue weighted by Crippen LogP contribution is 2.09. The second-order valence-corrected chi connectivity index (χ2v) is 3.94. The number of esters is 1. The summed E-state index contributed by atoms with van der Waals surface area (Å²) in [4.78, 5) is 15.6.